The highest BCUT2D eigenvalue weighted by molar-refractivity contribution is 7.99. The molecular formula is C22H29N3O2S. The summed E-state index contributed by atoms with van der Waals surface area (Å²) < 4.78 is 5.52. The van der Waals surface area contributed by atoms with Crippen molar-refractivity contribution in [3.8, 4) is 5.75 Å². The normalized spacial score (nSPS) is 27.1. The number of piperidine rings is 1. The van der Waals surface area contributed by atoms with Crippen molar-refractivity contribution < 1.29 is 9.84 Å². The van der Waals surface area contributed by atoms with E-state index in [0.29, 0.717) is 12.1 Å². The first kappa shape index (κ1) is 19.7. The van der Waals surface area contributed by atoms with Crippen molar-refractivity contribution in [2.45, 2.75) is 68.4 Å². The molecule has 2 aromatic rings. The topological polar surface area (TPSA) is 58.5 Å². The van der Waals surface area contributed by atoms with Gasteiger partial charge in [-0.25, -0.2) is 9.97 Å². The maximum Gasteiger partial charge on any atom is 0.187 e. The zero-order chi connectivity index (χ0) is 19.6. The number of aliphatic hydroxyl groups is 1. The molecule has 0 amide bonds. The molecule has 0 saturated carbocycles. The quantitative estimate of drug-likeness (QED) is 0.561. The molecule has 0 radical (unpaired) electrons. The Morgan fingerprint density at radius 1 is 1.18 bits per heavy atom. The molecule has 2 aliphatic heterocycles. The molecule has 6 heteroatoms. The highest BCUT2D eigenvalue weighted by Crippen LogP contribution is 2.48. The van der Waals surface area contributed by atoms with Crippen molar-refractivity contribution >= 4 is 11.8 Å². The lowest BCUT2D eigenvalue weighted by Crippen LogP contribution is -2.49. The second-order valence-electron chi connectivity index (χ2n) is 7.92. The number of para-hydroxylation sites is 1. The zero-order valence-electron chi connectivity index (χ0n) is 16.7. The number of thioether (sulfide) groups is 1. The molecule has 150 valence electrons. The van der Waals surface area contributed by atoms with E-state index in [9.17, 15) is 5.11 Å². The van der Waals surface area contributed by atoms with E-state index < -0.39 is 5.60 Å². The van der Waals surface area contributed by atoms with E-state index in [4.69, 9.17) is 4.74 Å². The predicted octanol–water partition coefficient (Wildman–Crippen LogP) is 4.00. The lowest BCUT2D eigenvalue weighted by Gasteiger charge is -2.44. The lowest BCUT2D eigenvalue weighted by atomic mass is 9.80. The summed E-state index contributed by atoms with van der Waals surface area (Å²) in [5, 5.41) is 12.4. The van der Waals surface area contributed by atoms with Crippen molar-refractivity contribution in [2.24, 2.45) is 0 Å². The number of ether oxygens (including phenoxy) is 1. The Labute approximate surface area is 171 Å². The second kappa shape index (κ2) is 8.39. The minimum Gasteiger partial charge on any atom is -0.496 e. The fraction of sp³-hybridized carbons (Fsp3) is 0.545. The van der Waals surface area contributed by atoms with Gasteiger partial charge in [-0.15, -0.1) is 0 Å². The van der Waals surface area contributed by atoms with Crippen LogP contribution in [-0.4, -0.2) is 44.9 Å². The number of aromatic nitrogens is 2. The number of methoxy groups -OCH3 is 1. The summed E-state index contributed by atoms with van der Waals surface area (Å²) in [6, 6.07) is 8.65. The third-order valence-electron chi connectivity index (χ3n) is 6.01. The van der Waals surface area contributed by atoms with Crippen molar-refractivity contribution in [3.05, 3.63) is 47.8 Å². The van der Waals surface area contributed by atoms with Crippen LogP contribution >= 0.6 is 11.8 Å². The summed E-state index contributed by atoms with van der Waals surface area (Å²) in [6.07, 6.45) is 8.81. The summed E-state index contributed by atoms with van der Waals surface area (Å²) in [7, 11) is 1.67. The van der Waals surface area contributed by atoms with Gasteiger partial charge in [-0.05, 0) is 38.2 Å². The smallest absolute Gasteiger partial charge is 0.187 e. The summed E-state index contributed by atoms with van der Waals surface area (Å²) in [5.74, 6) is 1.84. The summed E-state index contributed by atoms with van der Waals surface area (Å²) in [5.41, 5.74) is 1.27. The van der Waals surface area contributed by atoms with Gasteiger partial charge in [0.25, 0.3) is 0 Å². The average molecular weight is 400 g/mol. The summed E-state index contributed by atoms with van der Waals surface area (Å²) in [4.78, 5) is 11.6. The van der Waals surface area contributed by atoms with E-state index in [2.05, 4.69) is 21.8 Å². The molecule has 2 unspecified atom stereocenters. The Kier molecular flexibility index (Phi) is 5.90. The first-order chi connectivity index (χ1) is 13.6. The number of fused-ring (bicyclic) bond motifs is 2. The van der Waals surface area contributed by atoms with Crippen LogP contribution < -0.4 is 4.74 Å². The fourth-order valence-electron chi connectivity index (χ4n) is 4.73. The molecular weight excluding hydrogens is 370 g/mol. The standard InChI is InChI=1S/C22H29N3O2S/c1-3-10-28-21-23-13-16(14-24-21)15-25-17-8-9-18(25)12-22(26,11-17)19-6-4-5-7-20(19)27-2/h4-7,13-14,17-18,26H,3,8-12,15H2,1-2H3. The highest BCUT2D eigenvalue weighted by atomic mass is 32.2. The van der Waals surface area contributed by atoms with Crippen LogP contribution in [0, 0.1) is 0 Å². The summed E-state index contributed by atoms with van der Waals surface area (Å²) in [6.45, 7) is 3.02. The molecule has 2 saturated heterocycles. The van der Waals surface area contributed by atoms with Crippen LogP contribution in [0.25, 0.3) is 0 Å². The first-order valence-corrected chi connectivity index (χ1v) is 11.2. The second-order valence-corrected chi connectivity index (χ2v) is 8.98. The molecule has 1 aromatic carbocycles. The minimum atomic E-state index is -0.813. The molecule has 2 aliphatic rings. The van der Waals surface area contributed by atoms with Gasteiger partial charge >= 0.3 is 0 Å². The van der Waals surface area contributed by atoms with E-state index in [1.807, 2.05) is 36.7 Å². The van der Waals surface area contributed by atoms with Crippen LogP contribution in [0.5, 0.6) is 5.75 Å². The van der Waals surface area contributed by atoms with Crippen molar-refractivity contribution in [3.63, 3.8) is 0 Å². The fourth-order valence-corrected chi connectivity index (χ4v) is 5.37. The Morgan fingerprint density at radius 3 is 2.50 bits per heavy atom. The molecule has 5 nitrogen and oxygen atoms in total. The van der Waals surface area contributed by atoms with Gasteiger partial charge in [0.05, 0.1) is 12.7 Å². The van der Waals surface area contributed by atoms with E-state index >= 15 is 0 Å². The third kappa shape index (κ3) is 3.91. The monoisotopic (exact) mass is 399 g/mol. The molecule has 1 aromatic heterocycles. The SMILES string of the molecule is CCCSc1ncc(CN2C3CCC2CC(O)(c2ccccc2OC)C3)cn1. The zero-order valence-corrected chi connectivity index (χ0v) is 17.5. The van der Waals surface area contributed by atoms with E-state index in [1.54, 1.807) is 18.9 Å². The van der Waals surface area contributed by atoms with Gasteiger partial charge in [-0.3, -0.25) is 4.90 Å². The molecule has 3 heterocycles. The van der Waals surface area contributed by atoms with Crippen LogP contribution in [0.1, 0.15) is 50.2 Å². The minimum absolute atomic E-state index is 0.378. The van der Waals surface area contributed by atoms with Crippen molar-refractivity contribution in [1.29, 1.82) is 0 Å². The predicted molar refractivity (Wildman–Crippen MR) is 112 cm³/mol. The molecule has 2 atom stereocenters. The van der Waals surface area contributed by atoms with Gasteiger partial charge in [0.15, 0.2) is 5.16 Å². The van der Waals surface area contributed by atoms with Gasteiger partial charge in [-0.1, -0.05) is 36.9 Å². The van der Waals surface area contributed by atoms with E-state index in [-0.39, 0.29) is 0 Å². The third-order valence-corrected chi connectivity index (χ3v) is 7.09. The Morgan fingerprint density at radius 2 is 1.86 bits per heavy atom. The number of nitrogens with zero attached hydrogens (tertiary/aromatic N) is 3. The van der Waals surface area contributed by atoms with E-state index in [1.165, 1.54) is 0 Å². The van der Waals surface area contributed by atoms with Gasteiger partial charge in [0.1, 0.15) is 5.75 Å². The summed E-state index contributed by atoms with van der Waals surface area (Å²) >= 11 is 1.71. The Hall–Kier alpha value is -1.63. The number of rotatable bonds is 7. The average Bonchev–Trinajstić information content (AvgIpc) is 2.96. The Balaban J connectivity index is 1.47. The van der Waals surface area contributed by atoms with Crippen LogP contribution in [0.15, 0.2) is 41.8 Å². The van der Waals surface area contributed by atoms with Crippen molar-refractivity contribution in [1.82, 2.24) is 14.9 Å². The molecule has 0 aliphatic carbocycles. The number of hydrogen-bond acceptors (Lipinski definition) is 6. The van der Waals surface area contributed by atoms with Gasteiger partial charge in [-0.2, -0.15) is 0 Å². The first-order valence-electron chi connectivity index (χ1n) is 10.2. The van der Waals surface area contributed by atoms with Crippen LogP contribution in [0.3, 0.4) is 0 Å². The molecule has 4 rings (SSSR count). The largest absolute Gasteiger partial charge is 0.496 e. The van der Waals surface area contributed by atoms with Crippen LogP contribution in [0.4, 0.5) is 0 Å². The van der Waals surface area contributed by atoms with Crippen molar-refractivity contribution in [2.75, 3.05) is 12.9 Å². The van der Waals surface area contributed by atoms with Crippen LogP contribution in [0.2, 0.25) is 0 Å². The lowest BCUT2D eigenvalue weighted by molar-refractivity contribution is -0.0607. The Bertz CT molecular complexity index is 785. The van der Waals surface area contributed by atoms with E-state index in [0.717, 1.165) is 66.4 Å². The van der Waals surface area contributed by atoms with Crippen LogP contribution in [-0.2, 0) is 12.1 Å². The van der Waals surface area contributed by atoms with Gasteiger partial charge in [0, 0.05) is 47.9 Å². The highest BCUT2D eigenvalue weighted by Gasteiger charge is 2.49. The number of hydrogen-bond donors (Lipinski definition) is 1. The van der Waals surface area contributed by atoms with Gasteiger partial charge < -0.3 is 9.84 Å². The number of benzene rings is 1. The molecule has 2 bridgehead atoms. The molecule has 28 heavy (non-hydrogen) atoms. The molecule has 0 spiro atoms. The molecule has 2 fully saturated rings. The maximum atomic E-state index is 11.5. The molecule has 1 N–H and O–H groups in total. The maximum absolute atomic E-state index is 11.5. The van der Waals surface area contributed by atoms with Gasteiger partial charge in [0.2, 0.25) is 0 Å².